The van der Waals surface area contributed by atoms with Crippen LogP contribution in [0.5, 0.6) is 0 Å². The Morgan fingerprint density at radius 1 is 1.36 bits per heavy atom. The Balaban J connectivity index is 2.31. The van der Waals surface area contributed by atoms with Crippen LogP contribution in [0.15, 0.2) is 35.5 Å². The fourth-order valence-electron chi connectivity index (χ4n) is 1.32. The molecule has 0 aromatic heterocycles. The molecule has 1 heterocycles. The zero-order valence-electron chi connectivity index (χ0n) is 7.80. The summed E-state index contributed by atoms with van der Waals surface area (Å²) in [5, 5.41) is 3.75. The van der Waals surface area contributed by atoms with Gasteiger partial charge in [0.05, 0.1) is 0 Å². The number of carbonyl (C=O) groups is 1. The van der Waals surface area contributed by atoms with Gasteiger partial charge in [-0.05, 0) is 0 Å². The molecule has 1 aromatic carbocycles. The molecule has 0 saturated carbocycles. The monoisotopic (exact) mass is 190 g/mol. The molecular formula is C10H10N2O2. The molecule has 0 spiro atoms. The molecule has 72 valence electrons. The van der Waals surface area contributed by atoms with E-state index < -0.39 is 0 Å². The van der Waals surface area contributed by atoms with Crippen molar-refractivity contribution < 1.29 is 9.63 Å². The van der Waals surface area contributed by atoms with Crippen LogP contribution in [-0.2, 0) is 9.63 Å². The zero-order chi connectivity index (χ0) is 9.97. The Kier molecular flexibility index (Phi) is 2.18. The fourth-order valence-corrected chi connectivity index (χ4v) is 1.32. The van der Waals surface area contributed by atoms with E-state index in [1.165, 1.54) is 0 Å². The van der Waals surface area contributed by atoms with Crippen LogP contribution < -0.4 is 0 Å². The summed E-state index contributed by atoms with van der Waals surface area (Å²) in [6, 6.07) is 9.62. The van der Waals surface area contributed by atoms with E-state index in [2.05, 4.69) is 9.99 Å². The van der Waals surface area contributed by atoms with E-state index in [1.807, 2.05) is 37.4 Å². The van der Waals surface area contributed by atoms with Crippen molar-refractivity contribution in [3.8, 4) is 0 Å². The number of carbonyl (C=O) groups excluding carboxylic acids is 1. The fraction of sp³-hybridized carbons (Fsp3) is 0.200. The molecule has 1 aliphatic heterocycles. The predicted octanol–water partition coefficient (Wildman–Crippen LogP) is 0.837. The quantitative estimate of drug-likeness (QED) is 0.616. The Bertz CT molecular complexity index is 373. The largest absolute Gasteiger partial charge is 0.354 e. The summed E-state index contributed by atoms with van der Waals surface area (Å²) in [6.45, 7) is 0.244. The number of nitrogens with zero attached hydrogens (tertiary/aromatic N) is 2. The predicted molar refractivity (Wildman–Crippen MR) is 51.7 cm³/mol. The highest BCUT2D eigenvalue weighted by molar-refractivity contribution is 6.01. The van der Waals surface area contributed by atoms with Gasteiger partial charge in [-0.15, -0.1) is 0 Å². The molecule has 0 N–H and O–H groups in total. The molecule has 0 bridgehead atoms. The van der Waals surface area contributed by atoms with Crippen LogP contribution in [0, 0.1) is 0 Å². The Hall–Kier alpha value is -1.84. The third kappa shape index (κ3) is 1.59. The summed E-state index contributed by atoms with van der Waals surface area (Å²) >= 11 is 0. The lowest BCUT2D eigenvalue weighted by Gasteiger charge is -2.22. The van der Waals surface area contributed by atoms with Gasteiger partial charge in [-0.2, -0.15) is 0 Å². The van der Waals surface area contributed by atoms with E-state index in [-0.39, 0.29) is 12.5 Å². The first-order chi connectivity index (χ1) is 6.77. The maximum Gasteiger partial charge on any atom is 0.354 e. The van der Waals surface area contributed by atoms with Crippen molar-refractivity contribution in [3.05, 3.63) is 35.9 Å². The van der Waals surface area contributed by atoms with Gasteiger partial charge in [-0.25, -0.2) is 4.79 Å². The van der Waals surface area contributed by atoms with Crippen molar-refractivity contribution in [2.45, 2.75) is 0 Å². The molecule has 0 fully saturated rings. The third-order valence-electron chi connectivity index (χ3n) is 1.99. The topological polar surface area (TPSA) is 41.9 Å². The first-order valence-corrected chi connectivity index (χ1v) is 4.32. The summed E-state index contributed by atoms with van der Waals surface area (Å²) in [6.07, 6.45) is 0. The van der Waals surface area contributed by atoms with Gasteiger partial charge in [0.15, 0.2) is 5.84 Å². The second-order valence-corrected chi connectivity index (χ2v) is 3.10. The third-order valence-corrected chi connectivity index (χ3v) is 1.99. The zero-order valence-corrected chi connectivity index (χ0v) is 7.80. The van der Waals surface area contributed by atoms with Gasteiger partial charge < -0.3 is 9.74 Å². The van der Waals surface area contributed by atoms with Crippen molar-refractivity contribution in [1.82, 2.24) is 4.90 Å². The Morgan fingerprint density at radius 3 is 2.71 bits per heavy atom. The molecule has 0 aliphatic carbocycles. The minimum atomic E-state index is -0.327. The van der Waals surface area contributed by atoms with Crippen LogP contribution in [0.25, 0.3) is 0 Å². The molecule has 4 heteroatoms. The molecule has 0 radical (unpaired) electrons. The molecule has 0 amide bonds. The van der Waals surface area contributed by atoms with Crippen LogP contribution >= 0.6 is 0 Å². The van der Waals surface area contributed by atoms with Crippen LogP contribution in [0.2, 0.25) is 0 Å². The number of oxime groups is 1. The van der Waals surface area contributed by atoms with Crippen LogP contribution in [0.3, 0.4) is 0 Å². The number of hydrogen-bond donors (Lipinski definition) is 0. The summed E-state index contributed by atoms with van der Waals surface area (Å²) < 4.78 is 0. The standard InChI is InChI=1S/C10H10N2O2/c1-12-7-9(13)14-11-10(12)8-5-3-2-4-6-8/h2-6H,7H2,1H3. The van der Waals surface area contributed by atoms with Gasteiger partial charge in [-0.1, -0.05) is 35.5 Å². The molecule has 0 saturated heterocycles. The summed E-state index contributed by atoms with van der Waals surface area (Å²) in [7, 11) is 1.81. The lowest BCUT2D eigenvalue weighted by molar-refractivity contribution is -0.145. The van der Waals surface area contributed by atoms with E-state index in [9.17, 15) is 4.79 Å². The number of hydrogen-bond acceptors (Lipinski definition) is 4. The molecule has 0 unspecified atom stereocenters. The van der Waals surface area contributed by atoms with Crippen LogP contribution in [0.4, 0.5) is 0 Å². The lowest BCUT2D eigenvalue weighted by atomic mass is 10.2. The van der Waals surface area contributed by atoms with Gasteiger partial charge in [0.1, 0.15) is 6.54 Å². The van der Waals surface area contributed by atoms with E-state index in [4.69, 9.17) is 0 Å². The maximum absolute atomic E-state index is 10.9. The van der Waals surface area contributed by atoms with Gasteiger partial charge in [0.2, 0.25) is 0 Å². The summed E-state index contributed by atoms with van der Waals surface area (Å²) in [5.41, 5.74) is 0.947. The van der Waals surface area contributed by atoms with Crippen molar-refractivity contribution in [2.75, 3.05) is 13.6 Å². The highest BCUT2D eigenvalue weighted by Crippen LogP contribution is 2.08. The number of amidine groups is 1. The SMILES string of the molecule is CN1CC(=O)ON=C1c1ccccc1. The maximum atomic E-state index is 10.9. The molecule has 2 rings (SSSR count). The normalized spacial score (nSPS) is 16.2. The van der Waals surface area contributed by atoms with E-state index >= 15 is 0 Å². The Labute approximate surface area is 81.8 Å². The molecule has 4 nitrogen and oxygen atoms in total. The highest BCUT2D eigenvalue weighted by atomic mass is 16.7. The van der Waals surface area contributed by atoms with Gasteiger partial charge in [0, 0.05) is 12.6 Å². The van der Waals surface area contributed by atoms with Crippen molar-refractivity contribution >= 4 is 11.8 Å². The molecular weight excluding hydrogens is 180 g/mol. The molecule has 1 aromatic rings. The van der Waals surface area contributed by atoms with Crippen LogP contribution in [-0.4, -0.2) is 30.3 Å². The highest BCUT2D eigenvalue weighted by Gasteiger charge is 2.19. The smallest absolute Gasteiger partial charge is 0.345 e. The number of likely N-dealkylation sites (N-methyl/N-ethyl adjacent to an activating group) is 1. The first kappa shape index (κ1) is 8.74. The van der Waals surface area contributed by atoms with Gasteiger partial charge in [0.25, 0.3) is 0 Å². The average Bonchev–Trinajstić information content (AvgIpc) is 2.19. The minimum Gasteiger partial charge on any atom is -0.345 e. The van der Waals surface area contributed by atoms with E-state index in [1.54, 1.807) is 4.90 Å². The minimum absolute atomic E-state index is 0.244. The van der Waals surface area contributed by atoms with Crippen LogP contribution in [0.1, 0.15) is 5.56 Å². The molecule has 1 aliphatic rings. The lowest BCUT2D eigenvalue weighted by Crippen LogP contribution is -2.37. The first-order valence-electron chi connectivity index (χ1n) is 4.32. The Morgan fingerprint density at radius 2 is 2.07 bits per heavy atom. The average molecular weight is 190 g/mol. The second-order valence-electron chi connectivity index (χ2n) is 3.10. The van der Waals surface area contributed by atoms with Crippen molar-refractivity contribution in [1.29, 1.82) is 0 Å². The summed E-state index contributed by atoms with van der Waals surface area (Å²) in [5.74, 6) is 0.359. The van der Waals surface area contributed by atoms with Gasteiger partial charge in [-0.3, -0.25) is 0 Å². The van der Waals surface area contributed by atoms with Gasteiger partial charge >= 0.3 is 5.97 Å². The molecule has 14 heavy (non-hydrogen) atoms. The number of benzene rings is 1. The van der Waals surface area contributed by atoms with E-state index in [0.717, 1.165) is 5.56 Å². The van der Waals surface area contributed by atoms with Crippen molar-refractivity contribution in [2.24, 2.45) is 5.16 Å². The van der Waals surface area contributed by atoms with E-state index in [0.29, 0.717) is 5.84 Å². The number of rotatable bonds is 1. The van der Waals surface area contributed by atoms with Crippen molar-refractivity contribution in [3.63, 3.8) is 0 Å². The molecule has 0 atom stereocenters. The second kappa shape index (κ2) is 3.49. The summed E-state index contributed by atoms with van der Waals surface area (Å²) in [4.78, 5) is 17.3.